The Bertz CT molecular complexity index is 1070. The van der Waals surface area contributed by atoms with Crippen molar-refractivity contribution >= 4 is 50.6 Å². The Balaban J connectivity index is 1.96. The first-order chi connectivity index (χ1) is 13.1. The van der Waals surface area contributed by atoms with Crippen molar-refractivity contribution in [2.45, 2.75) is 33.3 Å². The largest absolute Gasteiger partial charge is 0.456 e. The predicted molar refractivity (Wildman–Crippen MR) is 116 cm³/mol. The summed E-state index contributed by atoms with van der Waals surface area (Å²) in [5.74, 6) is -0.634. The van der Waals surface area contributed by atoms with Crippen molar-refractivity contribution in [3.8, 4) is 0 Å². The molecule has 3 aromatic rings. The topological polar surface area (TPSA) is 46.6 Å². The number of anilines is 1. The normalized spacial score (nSPS) is 11.5. The summed E-state index contributed by atoms with van der Waals surface area (Å²) in [4.78, 5) is 27.6. The van der Waals surface area contributed by atoms with Gasteiger partial charge in [-0.3, -0.25) is 4.79 Å². The number of thiophene rings is 1. The van der Waals surface area contributed by atoms with Gasteiger partial charge in [0.1, 0.15) is 10.5 Å². The number of amides is 1. The molecule has 1 aromatic heterocycles. The third-order valence-corrected chi connectivity index (χ3v) is 5.90. The highest BCUT2D eigenvalue weighted by Gasteiger charge is 2.24. The summed E-state index contributed by atoms with van der Waals surface area (Å²) in [6, 6.07) is 12.9. The lowest BCUT2D eigenvalue weighted by atomic mass is 10.1. The smallest absolute Gasteiger partial charge is 0.338 e. The van der Waals surface area contributed by atoms with Gasteiger partial charge in [-0.15, -0.1) is 11.3 Å². The van der Waals surface area contributed by atoms with Crippen molar-refractivity contribution in [1.29, 1.82) is 0 Å². The van der Waals surface area contributed by atoms with Crippen molar-refractivity contribution in [3.05, 3.63) is 63.5 Å². The number of fused-ring (bicyclic) bond motifs is 1. The fourth-order valence-corrected chi connectivity index (χ4v) is 4.34. The molecule has 6 heteroatoms. The summed E-state index contributed by atoms with van der Waals surface area (Å²) < 4.78 is 6.40. The average Bonchev–Trinajstić information content (AvgIpc) is 2.96. The number of esters is 1. The van der Waals surface area contributed by atoms with Crippen LogP contribution in [0.25, 0.3) is 10.1 Å². The van der Waals surface area contributed by atoms with Gasteiger partial charge in [-0.2, -0.15) is 0 Å². The zero-order valence-corrected chi connectivity index (χ0v) is 18.1. The van der Waals surface area contributed by atoms with Gasteiger partial charge in [-0.05, 0) is 51.5 Å². The van der Waals surface area contributed by atoms with Crippen LogP contribution in [0.15, 0.2) is 42.5 Å². The number of halogens is 1. The maximum absolute atomic E-state index is 13.1. The second-order valence-corrected chi connectivity index (χ2v) is 9.04. The molecule has 1 amide bonds. The molecule has 0 fully saturated rings. The molecule has 2 aromatic carbocycles. The molecule has 0 aliphatic rings. The number of benzene rings is 2. The van der Waals surface area contributed by atoms with E-state index >= 15 is 0 Å². The van der Waals surface area contributed by atoms with Gasteiger partial charge < -0.3 is 9.64 Å². The molecule has 28 heavy (non-hydrogen) atoms. The zero-order chi connectivity index (χ0) is 20.6. The van der Waals surface area contributed by atoms with E-state index in [0.717, 1.165) is 15.6 Å². The van der Waals surface area contributed by atoms with Crippen molar-refractivity contribution in [2.75, 3.05) is 11.9 Å². The number of nitrogens with zero attached hydrogens (tertiary/aromatic N) is 1. The quantitative estimate of drug-likeness (QED) is 0.486. The lowest BCUT2D eigenvalue weighted by Gasteiger charge is -2.22. The highest BCUT2D eigenvalue weighted by atomic mass is 35.5. The van der Waals surface area contributed by atoms with Crippen LogP contribution in [0.1, 0.15) is 46.4 Å². The summed E-state index contributed by atoms with van der Waals surface area (Å²) in [5.41, 5.74) is 1.33. The second kappa shape index (κ2) is 7.57. The molecule has 1 heterocycles. The van der Waals surface area contributed by atoms with E-state index in [9.17, 15) is 9.59 Å². The van der Waals surface area contributed by atoms with Crippen molar-refractivity contribution in [3.63, 3.8) is 0 Å². The van der Waals surface area contributed by atoms with Crippen LogP contribution in [0, 0.1) is 6.92 Å². The van der Waals surface area contributed by atoms with E-state index < -0.39 is 11.6 Å². The highest BCUT2D eigenvalue weighted by Crippen LogP contribution is 2.36. The molecule has 0 aliphatic heterocycles. The number of rotatable bonds is 3. The van der Waals surface area contributed by atoms with E-state index in [2.05, 4.69) is 0 Å². The Kier molecular flexibility index (Phi) is 5.50. The maximum atomic E-state index is 13.1. The number of hydrogen-bond donors (Lipinski definition) is 0. The maximum Gasteiger partial charge on any atom is 0.338 e. The molecule has 146 valence electrons. The minimum atomic E-state index is -0.589. The minimum Gasteiger partial charge on any atom is -0.456 e. The van der Waals surface area contributed by atoms with Crippen molar-refractivity contribution < 1.29 is 14.3 Å². The van der Waals surface area contributed by atoms with Crippen LogP contribution in [-0.2, 0) is 4.74 Å². The molecule has 0 bridgehead atoms. The second-order valence-electron chi connectivity index (χ2n) is 7.61. The van der Waals surface area contributed by atoms with Crippen LogP contribution in [0.5, 0.6) is 0 Å². The molecule has 0 N–H and O–H groups in total. The molecule has 4 nitrogen and oxygen atoms in total. The summed E-state index contributed by atoms with van der Waals surface area (Å²) in [6.45, 7) is 7.35. The molecular formula is C22H22ClNO3S. The lowest BCUT2D eigenvalue weighted by Crippen LogP contribution is -2.27. The summed E-state index contributed by atoms with van der Waals surface area (Å²) >= 11 is 7.83. The predicted octanol–water partition coefficient (Wildman–Crippen LogP) is 6.10. The van der Waals surface area contributed by atoms with Crippen LogP contribution >= 0.6 is 22.9 Å². The van der Waals surface area contributed by atoms with E-state index in [1.165, 1.54) is 16.2 Å². The summed E-state index contributed by atoms with van der Waals surface area (Å²) in [6.07, 6.45) is 0. The van der Waals surface area contributed by atoms with Crippen LogP contribution < -0.4 is 4.90 Å². The summed E-state index contributed by atoms with van der Waals surface area (Å²) in [5, 5.41) is 1.32. The monoisotopic (exact) mass is 415 g/mol. The number of carbonyl (C=O) groups is 2. The Morgan fingerprint density at radius 2 is 1.79 bits per heavy atom. The average molecular weight is 416 g/mol. The molecule has 0 atom stereocenters. The van der Waals surface area contributed by atoms with E-state index in [1.54, 1.807) is 19.2 Å². The SMILES string of the molecule is Cc1ccc(C(=O)OC(C)(C)C)cc1N(C)C(=O)c1sc2ccccc2c1Cl. The van der Waals surface area contributed by atoms with Crippen LogP contribution in [0.2, 0.25) is 5.02 Å². The van der Waals surface area contributed by atoms with Crippen LogP contribution in [0.3, 0.4) is 0 Å². The van der Waals surface area contributed by atoms with Gasteiger partial charge >= 0.3 is 5.97 Å². The first-order valence-corrected chi connectivity index (χ1v) is 10.1. The van der Waals surface area contributed by atoms with Gasteiger partial charge in [0, 0.05) is 22.8 Å². The van der Waals surface area contributed by atoms with E-state index in [0.29, 0.717) is 21.2 Å². The molecule has 0 unspecified atom stereocenters. The summed E-state index contributed by atoms with van der Waals surface area (Å²) in [7, 11) is 1.68. The zero-order valence-electron chi connectivity index (χ0n) is 16.5. The number of carbonyl (C=O) groups excluding carboxylic acids is 2. The molecule has 3 rings (SSSR count). The van der Waals surface area contributed by atoms with Gasteiger partial charge in [-0.1, -0.05) is 35.9 Å². The van der Waals surface area contributed by atoms with Crippen LogP contribution in [0.4, 0.5) is 5.69 Å². The third-order valence-electron chi connectivity index (χ3n) is 4.24. The Morgan fingerprint density at radius 3 is 2.43 bits per heavy atom. The molecule has 0 saturated heterocycles. The van der Waals surface area contributed by atoms with Crippen molar-refractivity contribution in [1.82, 2.24) is 0 Å². The number of ether oxygens (including phenoxy) is 1. The Hall–Kier alpha value is -2.37. The Morgan fingerprint density at radius 1 is 1.11 bits per heavy atom. The standard InChI is InChI=1S/C22H22ClNO3S/c1-13-10-11-14(21(26)27-22(2,3)4)12-16(13)24(5)20(25)19-18(23)15-8-6-7-9-17(15)28-19/h6-12H,1-5H3. The molecule has 0 saturated carbocycles. The van der Waals surface area contributed by atoms with Gasteiger partial charge in [0.15, 0.2) is 0 Å². The first-order valence-electron chi connectivity index (χ1n) is 8.87. The van der Waals surface area contributed by atoms with E-state index in [1.807, 2.05) is 58.0 Å². The lowest BCUT2D eigenvalue weighted by molar-refractivity contribution is 0.00694. The molecule has 0 spiro atoms. The van der Waals surface area contributed by atoms with Gasteiger partial charge in [0.2, 0.25) is 0 Å². The minimum absolute atomic E-state index is 0.212. The fraction of sp³-hybridized carbons (Fsp3) is 0.273. The van der Waals surface area contributed by atoms with Gasteiger partial charge in [-0.25, -0.2) is 4.79 Å². The van der Waals surface area contributed by atoms with E-state index in [-0.39, 0.29) is 5.91 Å². The number of hydrogen-bond acceptors (Lipinski definition) is 4. The number of aryl methyl sites for hydroxylation is 1. The highest BCUT2D eigenvalue weighted by molar-refractivity contribution is 7.21. The van der Waals surface area contributed by atoms with Crippen molar-refractivity contribution in [2.24, 2.45) is 0 Å². The first kappa shape index (κ1) is 20.4. The van der Waals surface area contributed by atoms with E-state index in [4.69, 9.17) is 16.3 Å². The third kappa shape index (κ3) is 4.05. The molecule has 0 aliphatic carbocycles. The van der Waals surface area contributed by atoms with Gasteiger partial charge in [0.05, 0.1) is 10.6 Å². The van der Waals surface area contributed by atoms with Crippen LogP contribution in [-0.4, -0.2) is 24.5 Å². The fourth-order valence-electron chi connectivity index (χ4n) is 2.85. The Labute approximate surface area is 173 Å². The molecular weight excluding hydrogens is 394 g/mol. The van der Waals surface area contributed by atoms with Gasteiger partial charge in [0.25, 0.3) is 5.91 Å². The molecule has 0 radical (unpaired) electrons.